The quantitative estimate of drug-likeness (QED) is 0.380. The van der Waals surface area contributed by atoms with Crippen LogP contribution in [0, 0.1) is 0 Å². The average Bonchev–Trinajstić information content (AvgIpc) is 2.86. The Hall–Kier alpha value is -4.46. The van der Waals surface area contributed by atoms with Crippen LogP contribution >= 0.6 is 0 Å². The summed E-state index contributed by atoms with van der Waals surface area (Å²) in [6.45, 7) is 0. The number of hydrogen-bond donors (Lipinski definition) is 2. The number of aryl methyl sites for hydroxylation is 1. The Balaban J connectivity index is 1.60. The monoisotopic (exact) mass is 469 g/mol. The largest absolute Gasteiger partial charge is 0.481 e. The van der Waals surface area contributed by atoms with E-state index >= 15 is 0 Å². The van der Waals surface area contributed by atoms with Gasteiger partial charge in [0, 0.05) is 38.1 Å². The van der Waals surface area contributed by atoms with Crippen molar-refractivity contribution in [2.75, 3.05) is 17.3 Å². The second-order valence-electron chi connectivity index (χ2n) is 8.32. The van der Waals surface area contributed by atoms with Crippen LogP contribution in [0.5, 0.6) is 0 Å². The van der Waals surface area contributed by atoms with Gasteiger partial charge in [-0.05, 0) is 29.7 Å². The van der Waals surface area contributed by atoms with Crippen LogP contribution in [-0.4, -0.2) is 38.7 Å². The summed E-state index contributed by atoms with van der Waals surface area (Å²) >= 11 is 0. The molecule has 2 aromatic carbocycles. The van der Waals surface area contributed by atoms with Gasteiger partial charge in [-0.15, -0.1) is 0 Å². The molecule has 0 unspecified atom stereocenters. The lowest BCUT2D eigenvalue weighted by atomic mass is 10.0. The molecule has 2 aromatic heterocycles. The molecule has 0 spiro atoms. The first-order chi connectivity index (χ1) is 16.9. The predicted molar refractivity (Wildman–Crippen MR) is 137 cm³/mol. The maximum atomic E-state index is 12.8. The summed E-state index contributed by atoms with van der Waals surface area (Å²) in [7, 11) is 3.58. The molecule has 8 heteroatoms. The number of carboxylic acids is 1. The van der Waals surface area contributed by atoms with E-state index in [0.717, 1.165) is 16.8 Å². The number of nitrogens with zero attached hydrogens (tertiary/aromatic N) is 4. The van der Waals surface area contributed by atoms with Crippen LogP contribution in [0.4, 0.5) is 17.5 Å². The van der Waals surface area contributed by atoms with Gasteiger partial charge in [0.05, 0.1) is 12.1 Å². The topological polar surface area (TPSA) is 100 Å². The molecule has 0 aliphatic heterocycles. The van der Waals surface area contributed by atoms with E-state index in [4.69, 9.17) is 0 Å². The van der Waals surface area contributed by atoms with Crippen molar-refractivity contribution in [2.24, 2.45) is 7.05 Å². The van der Waals surface area contributed by atoms with Gasteiger partial charge in [0.25, 0.3) is 5.56 Å². The normalized spacial score (nSPS) is 11.6. The maximum Gasteiger partial charge on any atom is 0.305 e. The van der Waals surface area contributed by atoms with Crippen LogP contribution in [0.1, 0.15) is 12.0 Å². The van der Waals surface area contributed by atoms with E-state index in [1.165, 1.54) is 0 Å². The van der Waals surface area contributed by atoms with Crippen molar-refractivity contribution in [3.8, 4) is 11.1 Å². The number of nitrogens with one attached hydrogen (secondary N) is 1. The molecular weight excluding hydrogens is 442 g/mol. The van der Waals surface area contributed by atoms with Crippen molar-refractivity contribution in [1.29, 1.82) is 0 Å². The maximum absolute atomic E-state index is 12.8. The Kier molecular flexibility index (Phi) is 7.21. The van der Waals surface area contributed by atoms with Crippen LogP contribution in [0.3, 0.4) is 0 Å². The molecule has 8 nitrogen and oxygen atoms in total. The molecular formula is C27H27N5O3. The number of carboxylic acid groups (broad SMARTS) is 1. The number of carbonyl (C=O) groups is 1. The lowest BCUT2D eigenvalue weighted by Gasteiger charge is -2.22. The molecule has 1 atom stereocenters. The number of hydrogen-bond acceptors (Lipinski definition) is 6. The van der Waals surface area contributed by atoms with Crippen molar-refractivity contribution in [2.45, 2.75) is 18.9 Å². The van der Waals surface area contributed by atoms with Crippen molar-refractivity contribution in [3.63, 3.8) is 0 Å². The second kappa shape index (κ2) is 10.6. The van der Waals surface area contributed by atoms with Gasteiger partial charge in [0.2, 0.25) is 5.95 Å². The molecule has 0 radical (unpaired) electrons. The minimum absolute atomic E-state index is 0.0699. The van der Waals surface area contributed by atoms with E-state index in [1.807, 2.05) is 78.7 Å². The summed E-state index contributed by atoms with van der Waals surface area (Å²) in [6, 6.07) is 22.5. The minimum Gasteiger partial charge on any atom is -0.481 e. The van der Waals surface area contributed by atoms with E-state index < -0.39 is 5.97 Å². The third-order valence-corrected chi connectivity index (χ3v) is 5.70. The minimum atomic E-state index is -0.898. The molecule has 0 aliphatic rings. The number of anilines is 3. The van der Waals surface area contributed by atoms with E-state index in [-0.39, 0.29) is 18.0 Å². The number of benzene rings is 2. The third-order valence-electron chi connectivity index (χ3n) is 5.70. The number of aliphatic carboxylic acids is 1. The number of aromatic nitrogens is 3. The number of pyridine rings is 1. The lowest BCUT2D eigenvalue weighted by molar-refractivity contribution is -0.137. The fraction of sp³-hybridized carbons (Fsp3) is 0.185. The molecule has 0 amide bonds. The zero-order valence-electron chi connectivity index (χ0n) is 19.6. The van der Waals surface area contributed by atoms with Crippen LogP contribution in [0.25, 0.3) is 11.1 Å². The Bertz CT molecular complexity index is 1360. The molecule has 0 aliphatic carbocycles. The highest BCUT2D eigenvalue weighted by molar-refractivity contribution is 5.70. The summed E-state index contributed by atoms with van der Waals surface area (Å²) in [5.41, 5.74) is 3.15. The summed E-state index contributed by atoms with van der Waals surface area (Å²) in [5, 5.41) is 12.6. The van der Waals surface area contributed by atoms with E-state index in [1.54, 1.807) is 30.1 Å². The van der Waals surface area contributed by atoms with E-state index in [0.29, 0.717) is 23.8 Å². The molecule has 0 saturated heterocycles. The van der Waals surface area contributed by atoms with Crippen LogP contribution in [0.2, 0.25) is 0 Å². The summed E-state index contributed by atoms with van der Waals surface area (Å²) < 4.78 is 1.55. The third kappa shape index (κ3) is 5.92. The average molecular weight is 470 g/mol. The van der Waals surface area contributed by atoms with Crippen LogP contribution in [0.15, 0.2) is 90.0 Å². The van der Waals surface area contributed by atoms with E-state index in [2.05, 4.69) is 15.3 Å². The highest BCUT2D eigenvalue weighted by Crippen LogP contribution is 2.25. The molecule has 2 N–H and O–H groups in total. The van der Waals surface area contributed by atoms with Gasteiger partial charge in [-0.2, -0.15) is 4.98 Å². The lowest BCUT2D eigenvalue weighted by Crippen LogP contribution is -2.27. The van der Waals surface area contributed by atoms with Gasteiger partial charge in [-0.25, -0.2) is 4.98 Å². The standard InChI is InChI=1S/C27H27N5O3/c1-31-18-22(17-23(26(31)35)20-11-7-4-8-12-20)32(2)24-13-14-28-27(30-24)29-21(16-25(33)34)15-19-9-5-3-6-10-19/h3-14,17-18,21H,15-16H2,1-2H3,(H,33,34)(H,28,29,30)/t21-/m1/s1. The Labute approximate surface area is 203 Å². The number of rotatable bonds is 9. The van der Waals surface area contributed by atoms with Crippen molar-refractivity contribution in [1.82, 2.24) is 14.5 Å². The van der Waals surface area contributed by atoms with Gasteiger partial charge in [-0.1, -0.05) is 60.7 Å². The zero-order valence-corrected chi connectivity index (χ0v) is 19.6. The highest BCUT2D eigenvalue weighted by atomic mass is 16.4. The fourth-order valence-corrected chi connectivity index (χ4v) is 3.91. The van der Waals surface area contributed by atoms with Gasteiger partial charge < -0.3 is 19.9 Å². The Morgan fingerprint density at radius 2 is 1.77 bits per heavy atom. The SMILES string of the molecule is CN(c1cc(-c2ccccc2)c(=O)n(C)c1)c1ccnc(N[C@@H](CC(=O)O)Cc2ccccc2)n1. The van der Waals surface area contributed by atoms with Crippen molar-refractivity contribution < 1.29 is 9.90 Å². The molecule has 4 rings (SSSR count). The predicted octanol–water partition coefficient (Wildman–Crippen LogP) is 4.11. The first kappa shape index (κ1) is 23.7. The van der Waals surface area contributed by atoms with Gasteiger partial charge in [0.1, 0.15) is 5.82 Å². The fourth-order valence-electron chi connectivity index (χ4n) is 3.91. The molecule has 35 heavy (non-hydrogen) atoms. The summed E-state index contributed by atoms with van der Waals surface area (Å²) in [5.74, 6) is 0.0453. The first-order valence-corrected chi connectivity index (χ1v) is 11.3. The summed E-state index contributed by atoms with van der Waals surface area (Å²) in [4.78, 5) is 35.0. The summed E-state index contributed by atoms with van der Waals surface area (Å²) in [6.07, 6.45) is 3.84. The molecule has 2 heterocycles. The molecule has 4 aromatic rings. The molecule has 178 valence electrons. The van der Waals surface area contributed by atoms with Crippen LogP contribution < -0.4 is 15.8 Å². The highest BCUT2D eigenvalue weighted by Gasteiger charge is 2.17. The Morgan fingerprint density at radius 1 is 1.09 bits per heavy atom. The van der Waals surface area contributed by atoms with Crippen molar-refractivity contribution >= 4 is 23.4 Å². The molecule has 0 saturated carbocycles. The Morgan fingerprint density at radius 3 is 2.46 bits per heavy atom. The van der Waals surface area contributed by atoms with Gasteiger partial charge in [-0.3, -0.25) is 9.59 Å². The van der Waals surface area contributed by atoms with Gasteiger partial charge >= 0.3 is 5.97 Å². The molecule has 0 fully saturated rings. The van der Waals surface area contributed by atoms with Crippen molar-refractivity contribution in [3.05, 3.63) is 101 Å². The first-order valence-electron chi connectivity index (χ1n) is 11.3. The molecule has 0 bridgehead atoms. The van der Waals surface area contributed by atoms with Gasteiger partial charge in [0.15, 0.2) is 0 Å². The second-order valence-corrected chi connectivity index (χ2v) is 8.32. The zero-order chi connectivity index (χ0) is 24.8. The van der Waals surface area contributed by atoms with Crippen LogP contribution in [-0.2, 0) is 18.3 Å². The van der Waals surface area contributed by atoms with E-state index in [9.17, 15) is 14.7 Å². The smallest absolute Gasteiger partial charge is 0.305 e.